The molecule has 1 N–H and O–H groups in total. The first kappa shape index (κ1) is 13.3. The van der Waals surface area contributed by atoms with Gasteiger partial charge in [0.15, 0.2) is 0 Å². The first-order valence-corrected chi connectivity index (χ1v) is 6.96. The van der Waals surface area contributed by atoms with Gasteiger partial charge >= 0.3 is 0 Å². The number of hydrogen-bond acceptors (Lipinski definition) is 2. The third-order valence-electron chi connectivity index (χ3n) is 3.74. The zero-order valence-electron chi connectivity index (χ0n) is 11.5. The van der Waals surface area contributed by atoms with E-state index in [0.717, 1.165) is 32.4 Å². The summed E-state index contributed by atoms with van der Waals surface area (Å²) < 4.78 is 0. The Kier molecular flexibility index (Phi) is 4.54. The Bertz CT molecular complexity index is 399. The van der Waals surface area contributed by atoms with E-state index in [1.807, 2.05) is 0 Å². The van der Waals surface area contributed by atoms with Gasteiger partial charge in [-0.3, -0.25) is 4.79 Å². The number of Topliss-reactive ketones (excluding diaryl/α,β-unsaturated/α-hetero) is 1. The Labute approximate surface area is 110 Å². The average molecular weight is 245 g/mol. The van der Waals surface area contributed by atoms with Crippen LogP contribution in [0.15, 0.2) is 18.2 Å². The number of rotatable bonds is 4. The molecule has 0 amide bonds. The van der Waals surface area contributed by atoms with Gasteiger partial charge in [-0.05, 0) is 51.8 Å². The SMILES string of the molecule is Cc1cc(C)cc(CCC(=O)C2CCNCC2)c1. The number of nitrogens with one attached hydrogen (secondary N) is 1. The largest absolute Gasteiger partial charge is 0.317 e. The lowest BCUT2D eigenvalue weighted by molar-refractivity contribution is -0.123. The maximum Gasteiger partial charge on any atom is 0.136 e. The molecular weight excluding hydrogens is 222 g/mol. The Hall–Kier alpha value is -1.15. The van der Waals surface area contributed by atoms with E-state index >= 15 is 0 Å². The van der Waals surface area contributed by atoms with E-state index in [2.05, 4.69) is 37.4 Å². The van der Waals surface area contributed by atoms with E-state index in [1.165, 1.54) is 16.7 Å². The molecule has 1 aromatic rings. The van der Waals surface area contributed by atoms with E-state index in [4.69, 9.17) is 0 Å². The zero-order chi connectivity index (χ0) is 13.0. The molecule has 2 heteroatoms. The van der Waals surface area contributed by atoms with Crippen molar-refractivity contribution in [3.63, 3.8) is 0 Å². The number of ketones is 1. The summed E-state index contributed by atoms with van der Waals surface area (Å²) in [6.07, 6.45) is 3.64. The van der Waals surface area contributed by atoms with Crippen molar-refractivity contribution < 1.29 is 4.79 Å². The molecule has 1 aliphatic heterocycles. The molecule has 0 atom stereocenters. The first-order valence-electron chi connectivity index (χ1n) is 6.96. The summed E-state index contributed by atoms with van der Waals surface area (Å²) in [5.41, 5.74) is 3.88. The van der Waals surface area contributed by atoms with E-state index < -0.39 is 0 Å². The molecule has 1 heterocycles. The molecule has 0 radical (unpaired) electrons. The second-order valence-corrected chi connectivity index (χ2v) is 5.49. The molecule has 0 aliphatic carbocycles. The fourth-order valence-corrected chi connectivity index (χ4v) is 2.83. The van der Waals surface area contributed by atoms with Crippen LogP contribution in [0, 0.1) is 19.8 Å². The maximum atomic E-state index is 12.1. The third-order valence-corrected chi connectivity index (χ3v) is 3.74. The van der Waals surface area contributed by atoms with Gasteiger partial charge in [-0.2, -0.15) is 0 Å². The normalized spacial score (nSPS) is 16.8. The van der Waals surface area contributed by atoms with Gasteiger partial charge in [0.2, 0.25) is 0 Å². The topological polar surface area (TPSA) is 29.1 Å². The number of piperidine rings is 1. The monoisotopic (exact) mass is 245 g/mol. The van der Waals surface area contributed by atoms with Crippen LogP contribution in [0.25, 0.3) is 0 Å². The Balaban J connectivity index is 1.88. The number of carbonyl (C=O) groups is 1. The van der Waals surface area contributed by atoms with Crippen LogP contribution in [0.5, 0.6) is 0 Å². The minimum atomic E-state index is 0.303. The van der Waals surface area contributed by atoms with Crippen LogP contribution in [0.3, 0.4) is 0 Å². The second kappa shape index (κ2) is 6.14. The molecule has 18 heavy (non-hydrogen) atoms. The standard InChI is InChI=1S/C16H23NO/c1-12-9-13(2)11-14(10-12)3-4-16(18)15-5-7-17-8-6-15/h9-11,15,17H,3-8H2,1-2H3. The van der Waals surface area contributed by atoms with Crippen molar-refractivity contribution in [1.82, 2.24) is 5.32 Å². The minimum absolute atomic E-state index is 0.303. The van der Waals surface area contributed by atoms with Gasteiger partial charge in [-0.25, -0.2) is 0 Å². The van der Waals surface area contributed by atoms with E-state index in [1.54, 1.807) is 0 Å². The van der Waals surface area contributed by atoms with Gasteiger partial charge in [0.05, 0.1) is 0 Å². The van der Waals surface area contributed by atoms with E-state index in [-0.39, 0.29) is 0 Å². The summed E-state index contributed by atoms with van der Waals surface area (Å²) in [4.78, 5) is 12.1. The van der Waals surface area contributed by atoms with Crippen molar-refractivity contribution >= 4 is 5.78 Å². The molecule has 0 saturated carbocycles. The second-order valence-electron chi connectivity index (χ2n) is 5.49. The summed E-state index contributed by atoms with van der Waals surface area (Å²) >= 11 is 0. The fraction of sp³-hybridized carbons (Fsp3) is 0.562. The first-order chi connectivity index (χ1) is 8.65. The maximum absolute atomic E-state index is 12.1. The Morgan fingerprint density at radius 3 is 2.39 bits per heavy atom. The quantitative estimate of drug-likeness (QED) is 0.883. The molecule has 2 rings (SSSR count). The molecule has 0 spiro atoms. The predicted molar refractivity (Wildman–Crippen MR) is 74.8 cm³/mol. The number of benzene rings is 1. The smallest absolute Gasteiger partial charge is 0.136 e. The molecule has 1 saturated heterocycles. The lowest BCUT2D eigenvalue weighted by Crippen LogP contribution is -2.31. The molecule has 1 fully saturated rings. The highest BCUT2D eigenvalue weighted by molar-refractivity contribution is 5.81. The van der Waals surface area contributed by atoms with Crippen LogP contribution in [0.2, 0.25) is 0 Å². The molecule has 98 valence electrons. The summed E-state index contributed by atoms with van der Waals surface area (Å²) in [7, 11) is 0. The molecule has 2 nitrogen and oxygen atoms in total. The summed E-state index contributed by atoms with van der Waals surface area (Å²) in [5.74, 6) is 0.757. The average Bonchev–Trinajstić information content (AvgIpc) is 2.36. The lowest BCUT2D eigenvalue weighted by atomic mass is 9.90. The molecule has 0 aromatic heterocycles. The van der Waals surface area contributed by atoms with E-state index in [0.29, 0.717) is 18.1 Å². The van der Waals surface area contributed by atoms with Crippen LogP contribution in [-0.2, 0) is 11.2 Å². The number of hydrogen-bond donors (Lipinski definition) is 1. The Morgan fingerprint density at radius 2 is 1.78 bits per heavy atom. The van der Waals surface area contributed by atoms with Gasteiger partial charge < -0.3 is 5.32 Å². The molecule has 0 unspecified atom stereocenters. The molecular formula is C16H23NO. The van der Waals surface area contributed by atoms with Crippen molar-refractivity contribution in [2.75, 3.05) is 13.1 Å². The van der Waals surface area contributed by atoms with Gasteiger partial charge in [0.1, 0.15) is 5.78 Å². The molecule has 1 aliphatic rings. The zero-order valence-corrected chi connectivity index (χ0v) is 11.5. The van der Waals surface area contributed by atoms with Crippen LogP contribution in [0.1, 0.15) is 36.0 Å². The van der Waals surface area contributed by atoms with Crippen molar-refractivity contribution in [2.24, 2.45) is 5.92 Å². The van der Waals surface area contributed by atoms with Gasteiger partial charge in [0, 0.05) is 12.3 Å². The molecule has 0 bridgehead atoms. The van der Waals surface area contributed by atoms with E-state index in [9.17, 15) is 4.79 Å². The lowest BCUT2D eigenvalue weighted by Gasteiger charge is -2.21. The van der Waals surface area contributed by atoms with Gasteiger partial charge in [-0.15, -0.1) is 0 Å². The molecule has 1 aromatic carbocycles. The van der Waals surface area contributed by atoms with Crippen LogP contribution in [0.4, 0.5) is 0 Å². The predicted octanol–water partition coefficient (Wildman–Crippen LogP) is 2.80. The van der Waals surface area contributed by atoms with Crippen LogP contribution in [-0.4, -0.2) is 18.9 Å². The van der Waals surface area contributed by atoms with Crippen molar-refractivity contribution in [3.05, 3.63) is 34.9 Å². The van der Waals surface area contributed by atoms with Gasteiger partial charge in [-0.1, -0.05) is 29.3 Å². The van der Waals surface area contributed by atoms with Gasteiger partial charge in [0.25, 0.3) is 0 Å². The third kappa shape index (κ3) is 3.67. The Morgan fingerprint density at radius 1 is 1.17 bits per heavy atom. The van der Waals surface area contributed by atoms with Crippen molar-refractivity contribution in [3.8, 4) is 0 Å². The van der Waals surface area contributed by atoms with Crippen LogP contribution < -0.4 is 5.32 Å². The van der Waals surface area contributed by atoms with Crippen molar-refractivity contribution in [1.29, 1.82) is 0 Å². The summed E-state index contributed by atoms with van der Waals surface area (Å²) in [6.45, 7) is 6.23. The fourth-order valence-electron chi connectivity index (χ4n) is 2.83. The highest BCUT2D eigenvalue weighted by atomic mass is 16.1. The summed E-state index contributed by atoms with van der Waals surface area (Å²) in [5, 5.41) is 3.31. The van der Waals surface area contributed by atoms with Crippen molar-refractivity contribution in [2.45, 2.75) is 39.5 Å². The highest BCUT2D eigenvalue weighted by Gasteiger charge is 2.20. The highest BCUT2D eigenvalue weighted by Crippen LogP contribution is 2.17. The minimum Gasteiger partial charge on any atom is -0.317 e. The summed E-state index contributed by atoms with van der Waals surface area (Å²) in [6, 6.07) is 6.57. The van der Waals surface area contributed by atoms with Crippen LogP contribution >= 0.6 is 0 Å². The number of aryl methyl sites for hydroxylation is 3. The number of carbonyl (C=O) groups excluding carboxylic acids is 1.